The third kappa shape index (κ3) is 3.48. The molecule has 2 fully saturated rings. The first-order chi connectivity index (χ1) is 9.09. The SMILES string of the molecule is CC(C)CNC(=O)C1CCC1C(=O)N1CCCCC1. The standard InChI is InChI=1S/C15H26N2O2/c1-11(2)10-16-14(18)12-6-7-13(12)15(19)17-8-4-3-5-9-17/h11-13H,3-10H2,1-2H3,(H,16,18). The highest BCUT2D eigenvalue weighted by molar-refractivity contribution is 5.89. The number of carbonyl (C=O) groups is 2. The molecule has 1 aliphatic heterocycles. The van der Waals surface area contributed by atoms with Crippen LogP contribution in [0.5, 0.6) is 0 Å². The summed E-state index contributed by atoms with van der Waals surface area (Å²) in [6.07, 6.45) is 5.21. The molecule has 2 unspecified atom stereocenters. The van der Waals surface area contributed by atoms with Gasteiger partial charge in [0, 0.05) is 31.5 Å². The van der Waals surface area contributed by atoms with Crippen LogP contribution in [-0.2, 0) is 9.59 Å². The van der Waals surface area contributed by atoms with Crippen LogP contribution in [0.3, 0.4) is 0 Å². The second-order valence-corrected chi connectivity index (χ2v) is 6.32. The fourth-order valence-electron chi connectivity index (χ4n) is 2.89. The van der Waals surface area contributed by atoms with Gasteiger partial charge in [0.2, 0.25) is 11.8 Å². The quantitative estimate of drug-likeness (QED) is 0.843. The molecule has 4 heteroatoms. The van der Waals surface area contributed by atoms with E-state index in [1.165, 1.54) is 6.42 Å². The fraction of sp³-hybridized carbons (Fsp3) is 0.867. The Balaban J connectivity index is 1.83. The number of nitrogens with zero attached hydrogens (tertiary/aromatic N) is 1. The number of nitrogens with one attached hydrogen (secondary N) is 1. The van der Waals surface area contributed by atoms with E-state index in [1.54, 1.807) is 0 Å². The third-order valence-electron chi connectivity index (χ3n) is 4.28. The van der Waals surface area contributed by atoms with Crippen LogP contribution in [0.1, 0.15) is 46.0 Å². The molecule has 19 heavy (non-hydrogen) atoms. The second kappa shape index (κ2) is 6.40. The fourth-order valence-corrected chi connectivity index (χ4v) is 2.89. The Morgan fingerprint density at radius 3 is 2.26 bits per heavy atom. The summed E-state index contributed by atoms with van der Waals surface area (Å²) in [7, 11) is 0. The predicted octanol–water partition coefficient (Wildman–Crippen LogP) is 1.80. The van der Waals surface area contributed by atoms with Crippen molar-refractivity contribution in [2.75, 3.05) is 19.6 Å². The molecule has 1 saturated carbocycles. The van der Waals surface area contributed by atoms with Gasteiger partial charge >= 0.3 is 0 Å². The van der Waals surface area contributed by atoms with Gasteiger partial charge in [-0.05, 0) is 38.0 Å². The van der Waals surface area contributed by atoms with E-state index in [2.05, 4.69) is 19.2 Å². The number of hydrogen-bond acceptors (Lipinski definition) is 2. The van der Waals surface area contributed by atoms with Crippen LogP contribution >= 0.6 is 0 Å². The summed E-state index contributed by atoms with van der Waals surface area (Å²) in [5.74, 6) is 0.629. The zero-order valence-corrected chi connectivity index (χ0v) is 12.2. The van der Waals surface area contributed by atoms with Gasteiger partial charge in [-0.1, -0.05) is 13.8 Å². The normalized spacial score (nSPS) is 27.0. The molecule has 1 heterocycles. The molecule has 1 aliphatic carbocycles. The highest BCUT2D eigenvalue weighted by atomic mass is 16.2. The van der Waals surface area contributed by atoms with Crippen molar-refractivity contribution in [2.24, 2.45) is 17.8 Å². The number of rotatable bonds is 4. The largest absolute Gasteiger partial charge is 0.356 e. The Morgan fingerprint density at radius 1 is 1.11 bits per heavy atom. The average Bonchev–Trinajstić information content (AvgIpc) is 2.36. The molecule has 1 N–H and O–H groups in total. The molecule has 0 aromatic heterocycles. The molecule has 0 bridgehead atoms. The van der Waals surface area contributed by atoms with Gasteiger partial charge in [0.05, 0.1) is 0 Å². The van der Waals surface area contributed by atoms with Crippen LogP contribution in [0.4, 0.5) is 0 Å². The summed E-state index contributed by atoms with van der Waals surface area (Å²) < 4.78 is 0. The Morgan fingerprint density at radius 2 is 1.74 bits per heavy atom. The summed E-state index contributed by atoms with van der Waals surface area (Å²) in [6.45, 7) is 6.64. The zero-order chi connectivity index (χ0) is 13.8. The van der Waals surface area contributed by atoms with Gasteiger partial charge in [-0.25, -0.2) is 0 Å². The van der Waals surface area contributed by atoms with Crippen molar-refractivity contribution in [1.29, 1.82) is 0 Å². The first kappa shape index (κ1) is 14.4. The lowest BCUT2D eigenvalue weighted by molar-refractivity contribution is -0.148. The minimum absolute atomic E-state index is 0.0507. The second-order valence-electron chi connectivity index (χ2n) is 6.32. The lowest BCUT2D eigenvalue weighted by Gasteiger charge is -2.39. The van der Waals surface area contributed by atoms with E-state index in [0.29, 0.717) is 12.5 Å². The summed E-state index contributed by atoms with van der Waals surface area (Å²) in [6, 6.07) is 0. The van der Waals surface area contributed by atoms with Gasteiger partial charge in [0.25, 0.3) is 0 Å². The van der Waals surface area contributed by atoms with Gasteiger partial charge < -0.3 is 10.2 Å². The topological polar surface area (TPSA) is 49.4 Å². The van der Waals surface area contributed by atoms with Crippen molar-refractivity contribution in [1.82, 2.24) is 10.2 Å². The van der Waals surface area contributed by atoms with E-state index >= 15 is 0 Å². The molecule has 2 amide bonds. The molecule has 4 nitrogen and oxygen atoms in total. The van der Waals surface area contributed by atoms with E-state index in [-0.39, 0.29) is 23.7 Å². The number of amides is 2. The number of hydrogen-bond donors (Lipinski definition) is 1. The van der Waals surface area contributed by atoms with E-state index < -0.39 is 0 Å². The predicted molar refractivity (Wildman–Crippen MR) is 74.5 cm³/mol. The van der Waals surface area contributed by atoms with E-state index in [1.807, 2.05) is 4.90 Å². The molecule has 0 aromatic rings. The summed E-state index contributed by atoms with van der Waals surface area (Å²) in [4.78, 5) is 26.4. The van der Waals surface area contributed by atoms with Crippen molar-refractivity contribution in [2.45, 2.75) is 46.0 Å². The highest BCUT2D eigenvalue weighted by Gasteiger charge is 2.42. The minimum Gasteiger partial charge on any atom is -0.356 e. The summed E-state index contributed by atoms with van der Waals surface area (Å²) in [5.41, 5.74) is 0. The van der Waals surface area contributed by atoms with Crippen molar-refractivity contribution in [3.05, 3.63) is 0 Å². The number of carbonyl (C=O) groups excluding carboxylic acids is 2. The Hall–Kier alpha value is -1.06. The van der Waals surface area contributed by atoms with Crippen LogP contribution in [0.25, 0.3) is 0 Å². The van der Waals surface area contributed by atoms with Crippen LogP contribution < -0.4 is 5.32 Å². The van der Waals surface area contributed by atoms with Crippen molar-refractivity contribution < 1.29 is 9.59 Å². The maximum Gasteiger partial charge on any atom is 0.226 e. The molecule has 2 atom stereocenters. The van der Waals surface area contributed by atoms with Gasteiger partial charge in [0.1, 0.15) is 0 Å². The third-order valence-corrected chi connectivity index (χ3v) is 4.28. The van der Waals surface area contributed by atoms with Crippen LogP contribution in [0.15, 0.2) is 0 Å². The molecule has 108 valence electrons. The summed E-state index contributed by atoms with van der Waals surface area (Å²) >= 11 is 0. The summed E-state index contributed by atoms with van der Waals surface area (Å²) in [5, 5.41) is 2.96. The molecule has 1 saturated heterocycles. The molecule has 0 spiro atoms. The molecule has 2 aliphatic rings. The van der Waals surface area contributed by atoms with E-state index in [9.17, 15) is 9.59 Å². The number of piperidine rings is 1. The maximum absolute atomic E-state index is 12.4. The lowest BCUT2D eigenvalue weighted by Crippen LogP contribution is -2.50. The van der Waals surface area contributed by atoms with Gasteiger partial charge in [-0.15, -0.1) is 0 Å². The van der Waals surface area contributed by atoms with Gasteiger partial charge in [0.15, 0.2) is 0 Å². The average molecular weight is 266 g/mol. The Labute approximate surface area is 115 Å². The molecular formula is C15H26N2O2. The van der Waals surface area contributed by atoms with Crippen LogP contribution in [0.2, 0.25) is 0 Å². The van der Waals surface area contributed by atoms with E-state index in [0.717, 1.165) is 38.8 Å². The van der Waals surface area contributed by atoms with Gasteiger partial charge in [-0.3, -0.25) is 9.59 Å². The van der Waals surface area contributed by atoms with Gasteiger partial charge in [-0.2, -0.15) is 0 Å². The van der Waals surface area contributed by atoms with Crippen molar-refractivity contribution in [3.63, 3.8) is 0 Å². The van der Waals surface area contributed by atoms with E-state index in [4.69, 9.17) is 0 Å². The monoisotopic (exact) mass is 266 g/mol. The smallest absolute Gasteiger partial charge is 0.226 e. The molecule has 2 rings (SSSR count). The maximum atomic E-state index is 12.4. The van der Waals surface area contributed by atoms with Crippen LogP contribution in [0, 0.1) is 17.8 Å². The van der Waals surface area contributed by atoms with Crippen LogP contribution in [-0.4, -0.2) is 36.3 Å². The number of likely N-dealkylation sites (tertiary alicyclic amines) is 1. The van der Waals surface area contributed by atoms with Crippen molar-refractivity contribution >= 4 is 11.8 Å². The molecule has 0 aromatic carbocycles. The molecule has 0 radical (unpaired) electrons. The first-order valence-electron chi connectivity index (χ1n) is 7.66. The lowest BCUT2D eigenvalue weighted by atomic mass is 9.72. The highest BCUT2D eigenvalue weighted by Crippen LogP contribution is 2.36. The minimum atomic E-state index is -0.0758. The Bertz CT molecular complexity index is 335. The van der Waals surface area contributed by atoms with Crippen molar-refractivity contribution in [3.8, 4) is 0 Å². The zero-order valence-electron chi connectivity index (χ0n) is 12.2. The Kier molecular flexibility index (Phi) is 4.83. The molecular weight excluding hydrogens is 240 g/mol. The first-order valence-corrected chi connectivity index (χ1v) is 7.66.